The van der Waals surface area contributed by atoms with Crippen LogP contribution in [0.5, 0.6) is 0 Å². The topological polar surface area (TPSA) is 114 Å². The van der Waals surface area contributed by atoms with E-state index in [1.54, 1.807) is 13.8 Å². The van der Waals surface area contributed by atoms with Gasteiger partial charge in [-0.1, -0.05) is 0 Å². The molecule has 1 aromatic rings. The summed E-state index contributed by atoms with van der Waals surface area (Å²) < 4.78 is 5.12. The number of aryl methyl sites for hydroxylation is 2. The van der Waals surface area contributed by atoms with Crippen LogP contribution in [0.4, 0.5) is 5.95 Å². The third-order valence-electron chi connectivity index (χ3n) is 2.91. The number of aliphatic carboxylic acids is 1. The lowest BCUT2D eigenvalue weighted by Gasteiger charge is -2.10. The molecule has 0 aliphatic carbocycles. The molecule has 1 aliphatic heterocycles. The van der Waals surface area contributed by atoms with Crippen LogP contribution in [0, 0.1) is 13.8 Å². The number of anilines is 1. The van der Waals surface area contributed by atoms with E-state index in [1.165, 1.54) is 0 Å². The number of carboxylic acid groups (broad SMARTS) is 1. The lowest BCUT2D eigenvalue weighted by Crippen LogP contribution is -2.30. The Morgan fingerprint density at radius 3 is 2.47 bits per heavy atom. The van der Waals surface area contributed by atoms with Crippen LogP contribution in [-0.4, -0.2) is 44.4 Å². The van der Waals surface area contributed by atoms with Gasteiger partial charge >= 0.3 is 5.97 Å². The third-order valence-corrected chi connectivity index (χ3v) is 2.91. The Morgan fingerprint density at radius 1 is 1.21 bits per heavy atom. The van der Waals surface area contributed by atoms with Crippen LogP contribution in [0.15, 0.2) is 0 Å². The first-order valence-electron chi connectivity index (χ1n) is 5.84. The van der Waals surface area contributed by atoms with Crippen LogP contribution in [0.2, 0.25) is 0 Å². The van der Waals surface area contributed by atoms with Gasteiger partial charge in [0.05, 0.1) is 11.4 Å². The minimum Gasteiger partial charge on any atom is -0.479 e. The number of nitrogens with one attached hydrogen (secondary N) is 1. The molecule has 1 amide bonds. The Balaban J connectivity index is 1.98. The molecule has 1 aliphatic rings. The van der Waals surface area contributed by atoms with Gasteiger partial charge in [0.25, 0.3) is 5.91 Å². The maximum atomic E-state index is 11.8. The van der Waals surface area contributed by atoms with Gasteiger partial charge < -0.3 is 9.84 Å². The van der Waals surface area contributed by atoms with Crippen molar-refractivity contribution < 1.29 is 19.4 Å². The van der Waals surface area contributed by atoms with Crippen molar-refractivity contribution in [3.8, 4) is 0 Å². The highest BCUT2D eigenvalue weighted by molar-refractivity contribution is 5.93. The zero-order valence-electron chi connectivity index (χ0n) is 10.6. The minimum atomic E-state index is -1.06. The summed E-state index contributed by atoms with van der Waals surface area (Å²) in [7, 11) is 0. The number of hydrogen-bond acceptors (Lipinski definition) is 6. The molecule has 0 spiro atoms. The smallest absolute Gasteiger partial charge is 0.332 e. The average molecular weight is 266 g/mol. The van der Waals surface area contributed by atoms with E-state index in [0.717, 1.165) is 0 Å². The minimum absolute atomic E-state index is 0.0930. The third kappa shape index (κ3) is 3.02. The summed E-state index contributed by atoms with van der Waals surface area (Å²) in [5.41, 5.74) is 1.35. The van der Waals surface area contributed by atoms with E-state index in [9.17, 15) is 9.59 Å². The van der Waals surface area contributed by atoms with Gasteiger partial charge in [-0.25, -0.2) is 9.78 Å². The Kier molecular flexibility index (Phi) is 3.70. The molecule has 8 heteroatoms. The molecule has 0 saturated carbocycles. The zero-order valence-corrected chi connectivity index (χ0v) is 10.6. The summed E-state index contributed by atoms with van der Waals surface area (Å²) >= 11 is 0. The number of aromatic nitrogens is 3. The highest BCUT2D eigenvalue weighted by atomic mass is 16.5. The molecule has 0 aromatic carbocycles. The fourth-order valence-corrected chi connectivity index (χ4v) is 1.71. The molecule has 2 unspecified atom stereocenters. The molecule has 2 N–H and O–H groups in total. The first-order chi connectivity index (χ1) is 8.97. The molecule has 102 valence electrons. The van der Waals surface area contributed by atoms with Crippen molar-refractivity contribution in [2.24, 2.45) is 0 Å². The van der Waals surface area contributed by atoms with Gasteiger partial charge in [0.1, 0.15) is 6.10 Å². The van der Waals surface area contributed by atoms with Crippen molar-refractivity contribution in [2.75, 3.05) is 5.32 Å². The molecule has 19 heavy (non-hydrogen) atoms. The summed E-state index contributed by atoms with van der Waals surface area (Å²) in [6.45, 7) is 3.52. The molecular formula is C11H14N4O4. The van der Waals surface area contributed by atoms with E-state index in [1.807, 2.05) is 0 Å². The van der Waals surface area contributed by atoms with Crippen molar-refractivity contribution in [2.45, 2.75) is 38.9 Å². The zero-order chi connectivity index (χ0) is 14.0. The average Bonchev–Trinajstić information content (AvgIpc) is 2.83. The summed E-state index contributed by atoms with van der Waals surface area (Å²) in [6.07, 6.45) is -1.03. The maximum Gasteiger partial charge on any atom is 0.332 e. The summed E-state index contributed by atoms with van der Waals surface area (Å²) in [4.78, 5) is 26.6. The number of carboxylic acids is 1. The second kappa shape index (κ2) is 5.27. The molecule has 1 fully saturated rings. The number of carbonyl (C=O) groups excluding carboxylic acids is 1. The van der Waals surface area contributed by atoms with Crippen molar-refractivity contribution in [1.82, 2.24) is 15.2 Å². The molecule has 0 bridgehead atoms. The normalized spacial score (nSPS) is 22.2. The first-order valence-corrected chi connectivity index (χ1v) is 5.84. The predicted molar refractivity (Wildman–Crippen MR) is 63.5 cm³/mol. The monoisotopic (exact) mass is 266 g/mol. The van der Waals surface area contributed by atoms with Crippen LogP contribution < -0.4 is 5.32 Å². The molecule has 1 saturated heterocycles. The Labute approximate surface area is 109 Å². The van der Waals surface area contributed by atoms with E-state index in [2.05, 4.69) is 20.5 Å². The summed E-state index contributed by atoms with van der Waals surface area (Å²) in [6, 6.07) is 0. The van der Waals surface area contributed by atoms with E-state index < -0.39 is 24.1 Å². The van der Waals surface area contributed by atoms with Gasteiger partial charge in [-0.2, -0.15) is 5.10 Å². The van der Waals surface area contributed by atoms with Gasteiger partial charge in [-0.3, -0.25) is 10.1 Å². The van der Waals surface area contributed by atoms with E-state index in [-0.39, 0.29) is 5.95 Å². The van der Waals surface area contributed by atoms with Gasteiger partial charge in [0.2, 0.25) is 5.95 Å². The van der Waals surface area contributed by atoms with E-state index in [0.29, 0.717) is 24.2 Å². The SMILES string of the molecule is Cc1nnc(NC(=O)C2CCC(C(=O)O)O2)nc1C. The van der Waals surface area contributed by atoms with Crippen LogP contribution in [-0.2, 0) is 14.3 Å². The van der Waals surface area contributed by atoms with Crippen LogP contribution in [0.3, 0.4) is 0 Å². The largest absolute Gasteiger partial charge is 0.479 e. The number of amides is 1. The van der Waals surface area contributed by atoms with E-state index >= 15 is 0 Å². The second-order valence-electron chi connectivity index (χ2n) is 4.32. The maximum absolute atomic E-state index is 11.8. The number of ether oxygens (including phenoxy) is 1. The fourth-order valence-electron chi connectivity index (χ4n) is 1.71. The van der Waals surface area contributed by atoms with Gasteiger partial charge in [0, 0.05) is 0 Å². The Bertz CT molecular complexity index is 519. The van der Waals surface area contributed by atoms with Gasteiger partial charge in [-0.05, 0) is 26.7 Å². The van der Waals surface area contributed by atoms with Crippen LogP contribution in [0.1, 0.15) is 24.2 Å². The number of nitrogens with zero attached hydrogens (tertiary/aromatic N) is 3. The molecule has 2 atom stereocenters. The van der Waals surface area contributed by atoms with Crippen molar-refractivity contribution in [3.63, 3.8) is 0 Å². The second-order valence-corrected chi connectivity index (χ2v) is 4.32. The molecule has 2 heterocycles. The molecule has 8 nitrogen and oxygen atoms in total. The van der Waals surface area contributed by atoms with Crippen molar-refractivity contribution >= 4 is 17.8 Å². The number of carbonyl (C=O) groups is 2. The predicted octanol–water partition coefficient (Wildman–Crippen LogP) is 0.0591. The highest BCUT2D eigenvalue weighted by Crippen LogP contribution is 2.20. The summed E-state index contributed by atoms with van der Waals surface area (Å²) in [5, 5.41) is 18.8. The highest BCUT2D eigenvalue weighted by Gasteiger charge is 2.35. The fraction of sp³-hybridized carbons (Fsp3) is 0.545. The van der Waals surface area contributed by atoms with Crippen molar-refractivity contribution in [1.29, 1.82) is 0 Å². The van der Waals surface area contributed by atoms with Gasteiger partial charge in [0.15, 0.2) is 6.10 Å². The Morgan fingerprint density at radius 2 is 1.89 bits per heavy atom. The Hall–Kier alpha value is -2.09. The van der Waals surface area contributed by atoms with Crippen molar-refractivity contribution in [3.05, 3.63) is 11.4 Å². The number of rotatable bonds is 3. The molecule has 0 radical (unpaired) electrons. The number of hydrogen-bond donors (Lipinski definition) is 2. The van der Waals surface area contributed by atoms with Gasteiger partial charge in [-0.15, -0.1) is 5.10 Å². The molecule has 2 rings (SSSR count). The van der Waals surface area contributed by atoms with Crippen LogP contribution >= 0.6 is 0 Å². The standard InChI is InChI=1S/C11H14N4O4/c1-5-6(2)14-15-11(12-5)13-9(16)7-3-4-8(19-7)10(17)18/h7-8H,3-4H2,1-2H3,(H,17,18)(H,12,13,15,16). The molecular weight excluding hydrogens is 252 g/mol. The first kappa shape index (κ1) is 13.3. The van der Waals surface area contributed by atoms with Crippen LogP contribution in [0.25, 0.3) is 0 Å². The lowest BCUT2D eigenvalue weighted by atomic mass is 10.2. The van der Waals surface area contributed by atoms with E-state index in [4.69, 9.17) is 9.84 Å². The molecule has 1 aromatic heterocycles. The lowest BCUT2D eigenvalue weighted by molar-refractivity contribution is -0.150. The quantitative estimate of drug-likeness (QED) is 0.794. The summed E-state index contributed by atoms with van der Waals surface area (Å²) in [5.74, 6) is -1.41.